The maximum Gasteiger partial charge on any atom is 0.475 e. The van der Waals surface area contributed by atoms with Crippen LogP contribution in [0.5, 0.6) is 0 Å². The molecule has 1 aromatic rings. The molecule has 1 aliphatic rings. The summed E-state index contributed by atoms with van der Waals surface area (Å²) in [4.78, 5) is 22.6. The first-order chi connectivity index (χ1) is 12.1. The quantitative estimate of drug-likeness (QED) is 0.521. The van der Waals surface area contributed by atoms with Crippen LogP contribution < -0.4 is 11.2 Å². The van der Waals surface area contributed by atoms with Gasteiger partial charge in [-0.25, -0.2) is 13.9 Å². The molecule has 1 aromatic heterocycles. The highest BCUT2D eigenvalue weighted by Crippen LogP contribution is 2.55. The zero-order chi connectivity index (χ0) is 19.7. The van der Waals surface area contributed by atoms with Crippen molar-refractivity contribution in [1.29, 1.82) is 0 Å². The van der Waals surface area contributed by atoms with Gasteiger partial charge in [0.05, 0.1) is 12.7 Å². The summed E-state index contributed by atoms with van der Waals surface area (Å²) >= 11 is 6.55. The third kappa shape index (κ3) is 4.12. The minimum Gasteiger partial charge on any atom is -0.376 e. The van der Waals surface area contributed by atoms with E-state index >= 15 is 0 Å². The third-order valence-electron chi connectivity index (χ3n) is 3.83. The molecular weight excluding hydrogens is 391 g/mol. The number of phosphoric acid groups is 1. The highest BCUT2D eigenvalue weighted by molar-refractivity contribution is 7.48. The van der Waals surface area contributed by atoms with Gasteiger partial charge in [-0.1, -0.05) is 0 Å². The minimum absolute atomic E-state index is 0.0931. The number of nitrogens with zero attached hydrogens (tertiary/aromatic N) is 2. The number of rotatable bonds is 7. The number of phosphoric ester groups is 1. The number of aromatic nitrogens is 2. The molecule has 0 amide bonds. The number of hydrogen-bond acceptors (Lipinski definition) is 8. The minimum atomic E-state index is -3.89. The second-order valence-electron chi connectivity index (χ2n) is 6.13. The van der Waals surface area contributed by atoms with Crippen molar-refractivity contribution in [3.63, 3.8) is 0 Å². The lowest BCUT2D eigenvalue weighted by atomic mass is 10.1. The Morgan fingerprint density at radius 1 is 1.50 bits per heavy atom. The summed E-state index contributed by atoms with van der Waals surface area (Å²) in [5, 5.41) is 9.20. The van der Waals surface area contributed by atoms with Gasteiger partial charge in [-0.2, -0.15) is 0 Å². The van der Waals surface area contributed by atoms with Crippen molar-refractivity contribution in [1.82, 2.24) is 9.13 Å². The van der Waals surface area contributed by atoms with Crippen LogP contribution in [0.15, 0.2) is 21.9 Å². The van der Waals surface area contributed by atoms with E-state index in [0.29, 0.717) is 4.57 Å². The Morgan fingerprint density at radius 2 is 2.15 bits per heavy atom. The van der Waals surface area contributed by atoms with E-state index in [1.54, 1.807) is 13.8 Å². The van der Waals surface area contributed by atoms with Crippen molar-refractivity contribution in [3.8, 4) is 0 Å². The van der Waals surface area contributed by atoms with Crippen LogP contribution in [0.4, 0.5) is 0 Å². The number of halogens is 1. The van der Waals surface area contributed by atoms with E-state index in [0.717, 1.165) is 10.6 Å². The van der Waals surface area contributed by atoms with Crippen LogP contribution in [0.1, 0.15) is 27.0 Å². The summed E-state index contributed by atoms with van der Waals surface area (Å²) in [6.07, 6.45) is -1.17. The molecule has 4 atom stereocenters. The summed E-state index contributed by atoms with van der Waals surface area (Å²) < 4.78 is 35.4. The molecule has 2 heterocycles. The number of alkyl halides is 1. The molecule has 0 aliphatic carbocycles. The largest absolute Gasteiger partial charge is 0.475 e. The second-order valence-corrected chi connectivity index (χ2v) is 8.62. The van der Waals surface area contributed by atoms with Crippen molar-refractivity contribution in [3.05, 3.63) is 33.1 Å². The molecule has 0 aromatic carbocycles. The molecule has 1 fully saturated rings. The maximum absolute atomic E-state index is 12.6. The van der Waals surface area contributed by atoms with E-state index in [9.17, 15) is 19.3 Å². The number of aliphatic hydroxyl groups excluding tert-OH is 1. The predicted octanol–water partition coefficient (Wildman–Crippen LogP) is 1.05. The van der Waals surface area contributed by atoms with Crippen LogP contribution in [0, 0.1) is 0 Å². The van der Waals surface area contributed by atoms with Crippen LogP contribution in [0.3, 0.4) is 0 Å². The van der Waals surface area contributed by atoms with Crippen LogP contribution in [0.25, 0.3) is 0 Å². The van der Waals surface area contributed by atoms with Crippen molar-refractivity contribution >= 4 is 19.4 Å². The molecule has 0 spiro atoms. The highest BCUT2D eigenvalue weighted by atomic mass is 35.5. The second kappa shape index (κ2) is 7.93. The fraction of sp³-hybridized carbons (Fsp3) is 0.714. The number of hydrogen-bond donors (Lipinski definition) is 1. The van der Waals surface area contributed by atoms with Gasteiger partial charge in [0.1, 0.15) is 17.7 Å². The molecule has 1 aliphatic heterocycles. The summed E-state index contributed by atoms with van der Waals surface area (Å²) in [6.45, 7) is 3.99. The molecule has 26 heavy (non-hydrogen) atoms. The van der Waals surface area contributed by atoms with Crippen molar-refractivity contribution in [2.24, 2.45) is 0 Å². The highest BCUT2D eigenvalue weighted by Gasteiger charge is 2.52. The van der Waals surface area contributed by atoms with E-state index in [1.807, 2.05) is 0 Å². The summed E-state index contributed by atoms with van der Waals surface area (Å²) in [7, 11) is -2.70. The van der Waals surface area contributed by atoms with Gasteiger partial charge in [-0.05, 0) is 20.8 Å². The fourth-order valence-electron chi connectivity index (χ4n) is 2.51. The van der Waals surface area contributed by atoms with Gasteiger partial charge in [-0.15, -0.1) is 11.6 Å². The van der Waals surface area contributed by atoms with Crippen LogP contribution in [-0.4, -0.2) is 45.0 Å². The average Bonchev–Trinajstić information content (AvgIpc) is 2.82. The standard InChI is InChI=1S/C14H22ClN2O8P/c1-9(2)24-26(21,22-4)25-10-7-23-12(14(10,3)15)16-6-5-11(19)17(8-18)13(16)20/h5-6,9-10,12,18H,7-8H2,1-4H3/t10-,12-,14-,26?/m1/s1. The smallest absolute Gasteiger partial charge is 0.376 e. The molecule has 2 rings (SSSR count). The third-order valence-corrected chi connectivity index (χ3v) is 5.90. The van der Waals surface area contributed by atoms with Gasteiger partial charge in [-0.3, -0.25) is 22.9 Å². The van der Waals surface area contributed by atoms with E-state index in [2.05, 4.69) is 0 Å². The first-order valence-corrected chi connectivity index (χ1v) is 9.65. The first kappa shape index (κ1) is 21.3. The lowest BCUT2D eigenvalue weighted by Gasteiger charge is -2.30. The SMILES string of the molecule is COP(=O)(OC(C)C)O[C@@H]1CO[C@@H](n2ccc(=O)n(CO)c2=O)[C@]1(C)Cl. The number of ether oxygens (including phenoxy) is 1. The predicted molar refractivity (Wildman–Crippen MR) is 92.1 cm³/mol. The Balaban J connectivity index is 2.33. The Labute approximate surface area is 154 Å². The molecule has 12 heteroatoms. The monoisotopic (exact) mass is 412 g/mol. The molecule has 0 bridgehead atoms. The van der Waals surface area contributed by atoms with Gasteiger partial charge in [0.15, 0.2) is 6.23 Å². The Kier molecular flexibility index (Phi) is 6.50. The van der Waals surface area contributed by atoms with Gasteiger partial charge in [0.25, 0.3) is 5.56 Å². The fourth-order valence-corrected chi connectivity index (χ4v) is 4.18. The van der Waals surface area contributed by atoms with Crippen molar-refractivity contribution < 1.29 is 28.0 Å². The van der Waals surface area contributed by atoms with E-state index in [-0.39, 0.29) is 6.61 Å². The zero-order valence-electron chi connectivity index (χ0n) is 14.8. The Bertz CT molecular complexity index is 805. The average molecular weight is 413 g/mol. The van der Waals surface area contributed by atoms with Gasteiger partial charge in [0, 0.05) is 19.4 Å². The van der Waals surface area contributed by atoms with Gasteiger partial charge in [0.2, 0.25) is 0 Å². The summed E-state index contributed by atoms with van der Waals surface area (Å²) in [5.74, 6) is 0. The maximum atomic E-state index is 12.6. The molecule has 1 unspecified atom stereocenters. The lowest BCUT2D eigenvalue weighted by Crippen LogP contribution is -2.46. The molecule has 1 saturated heterocycles. The van der Waals surface area contributed by atoms with E-state index < -0.39 is 49.1 Å². The Morgan fingerprint density at radius 3 is 2.69 bits per heavy atom. The summed E-state index contributed by atoms with van der Waals surface area (Å²) in [5.41, 5.74) is -1.46. The van der Waals surface area contributed by atoms with Gasteiger partial charge < -0.3 is 9.84 Å². The topological polar surface area (TPSA) is 118 Å². The van der Waals surface area contributed by atoms with Crippen LogP contribution in [-0.2, 0) is 29.6 Å². The van der Waals surface area contributed by atoms with Crippen molar-refractivity contribution in [2.75, 3.05) is 13.7 Å². The molecular formula is C14H22ClN2O8P. The molecule has 1 N–H and O–H groups in total. The summed E-state index contributed by atoms with van der Waals surface area (Å²) in [6, 6.07) is 1.10. The Hall–Kier alpha value is -1.000. The van der Waals surface area contributed by atoms with Crippen LogP contribution in [0.2, 0.25) is 0 Å². The van der Waals surface area contributed by atoms with E-state index in [4.69, 9.17) is 29.9 Å². The molecule has 0 saturated carbocycles. The van der Waals surface area contributed by atoms with Crippen LogP contribution >= 0.6 is 19.4 Å². The van der Waals surface area contributed by atoms with Gasteiger partial charge >= 0.3 is 13.5 Å². The van der Waals surface area contributed by atoms with E-state index in [1.165, 1.54) is 20.2 Å². The molecule has 10 nitrogen and oxygen atoms in total. The molecule has 148 valence electrons. The number of aliphatic hydroxyl groups is 1. The molecule has 0 radical (unpaired) electrons. The van der Waals surface area contributed by atoms with Crippen molar-refractivity contribution in [2.45, 2.75) is 50.8 Å². The lowest BCUT2D eigenvalue weighted by molar-refractivity contribution is 0.0324. The normalized spacial score (nSPS) is 28.4. The zero-order valence-corrected chi connectivity index (χ0v) is 16.5. The first-order valence-electron chi connectivity index (χ1n) is 7.81.